The number of aromatic nitrogens is 3. The molecular formula is C60H57N3O. The van der Waals surface area contributed by atoms with E-state index in [0.29, 0.717) is 39.6 Å². The Morgan fingerprint density at radius 3 is 1.95 bits per heavy atom. The predicted octanol–water partition coefficient (Wildman–Crippen LogP) is 16.2. The maximum atomic E-state index is 13.1. The number of nitrogens with zero attached hydrogens (tertiary/aromatic N) is 3. The summed E-state index contributed by atoms with van der Waals surface area (Å²) in [6.07, 6.45) is 1.66. The maximum Gasteiger partial charge on any atom is 0.149 e. The van der Waals surface area contributed by atoms with Crippen LogP contribution in [0.2, 0.25) is 0 Å². The van der Waals surface area contributed by atoms with Crippen molar-refractivity contribution in [2.75, 3.05) is 0 Å². The SMILES string of the molecule is [2H]C([2H])([2H])c1ccc(-n2c(-c3cc(C(C([2H])([2H])[2H])(C([2H])([2H])[2H])C([2H])([2H])[2H])cc(C(C([2H])([2H])[2H])(C([2H])([2H])[2H])C([2H])([2H])[2H])c3O)nc3c(-c4cc(-c5ccccc5)cc(-c5cc(-c6ccc(C([2H])(C)C)cc6)ccn5)c4)cccc32)c(-c2ccccc2)c1. The van der Waals surface area contributed by atoms with Crippen LogP contribution in [0.3, 0.4) is 0 Å². The van der Waals surface area contributed by atoms with Crippen LogP contribution in [0.4, 0.5) is 0 Å². The number of fused-ring (bicyclic) bond motifs is 1. The summed E-state index contributed by atoms with van der Waals surface area (Å²) >= 11 is 0. The van der Waals surface area contributed by atoms with Crippen LogP contribution in [-0.4, -0.2) is 19.6 Å². The van der Waals surface area contributed by atoms with Gasteiger partial charge >= 0.3 is 0 Å². The Balaban J connectivity index is 1.48. The van der Waals surface area contributed by atoms with Gasteiger partial charge in [0.2, 0.25) is 0 Å². The lowest BCUT2D eigenvalue weighted by atomic mass is 9.79. The lowest BCUT2D eigenvalue weighted by molar-refractivity contribution is 0.446. The Labute approximate surface area is 409 Å². The Morgan fingerprint density at radius 2 is 1.25 bits per heavy atom. The van der Waals surface area contributed by atoms with E-state index in [2.05, 4.69) is 0 Å². The van der Waals surface area contributed by atoms with Crippen LogP contribution in [0.25, 0.3) is 83.9 Å². The molecule has 2 aromatic heterocycles. The lowest BCUT2D eigenvalue weighted by Gasteiger charge is -2.27. The molecule has 0 bridgehead atoms. The largest absolute Gasteiger partial charge is 0.507 e. The summed E-state index contributed by atoms with van der Waals surface area (Å²) in [6.45, 7) is -24.0. The molecule has 0 aliphatic rings. The summed E-state index contributed by atoms with van der Waals surface area (Å²) in [7, 11) is 0. The highest BCUT2D eigenvalue weighted by Crippen LogP contribution is 2.46. The number of aromatic hydroxyl groups is 1. The van der Waals surface area contributed by atoms with Crippen molar-refractivity contribution in [1.82, 2.24) is 14.5 Å². The number of aryl methyl sites for hydroxylation is 1. The molecule has 0 radical (unpaired) electrons. The first-order valence-corrected chi connectivity index (χ1v) is 20.5. The van der Waals surface area contributed by atoms with E-state index in [0.717, 1.165) is 22.3 Å². The van der Waals surface area contributed by atoms with Crippen molar-refractivity contribution in [3.05, 3.63) is 192 Å². The number of rotatable bonds is 8. The van der Waals surface area contributed by atoms with Crippen LogP contribution in [0, 0.1) is 6.85 Å². The summed E-state index contributed by atoms with van der Waals surface area (Å²) < 4.78 is 193. The van der Waals surface area contributed by atoms with Crippen molar-refractivity contribution in [2.24, 2.45) is 0 Å². The Morgan fingerprint density at radius 1 is 0.562 bits per heavy atom. The number of pyridine rings is 1. The van der Waals surface area contributed by atoms with Gasteiger partial charge in [-0.05, 0) is 123 Å². The van der Waals surface area contributed by atoms with Crippen LogP contribution in [0.1, 0.15) is 113 Å². The molecule has 0 saturated heterocycles. The summed E-state index contributed by atoms with van der Waals surface area (Å²) in [5.74, 6) is -2.86. The van der Waals surface area contributed by atoms with Gasteiger partial charge in [0, 0.05) is 58.6 Å². The number of benzene rings is 7. The number of hydrogen-bond acceptors (Lipinski definition) is 3. The van der Waals surface area contributed by atoms with E-state index in [-0.39, 0.29) is 33.9 Å². The quantitative estimate of drug-likeness (QED) is 0.166. The van der Waals surface area contributed by atoms with Gasteiger partial charge in [-0.1, -0.05) is 170 Å². The Hall–Kier alpha value is -7.04. The van der Waals surface area contributed by atoms with Crippen molar-refractivity contribution >= 4 is 11.0 Å². The number of phenols is 1. The molecule has 0 aliphatic heterocycles. The van der Waals surface area contributed by atoms with E-state index in [1.165, 1.54) is 22.8 Å². The molecule has 0 aliphatic carbocycles. The predicted molar refractivity (Wildman–Crippen MR) is 269 cm³/mol. The highest BCUT2D eigenvalue weighted by Gasteiger charge is 2.29. The van der Waals surface area contributed by atoms with Crippen molar-refractivity contribution in [1.29, 1.82) is 0 Å². The number of imidazole rings is 1. The number of hydrogen-bond donors (Lipinski definition) is 1. The molecule has 0 amide bonds. The topological polar surface area (TPSA) is 50.9 Å². The Bertz CT molecular complexity index is 3920. The molecule has 0 unspecified atom stereocenters. The van der Waals surface area contributed by atoms with Gasteiger partial charge in [-0.25, -0.2) is 4.98 Å². The first-order valence-electron chi connectivity index (χ1n) is 31.5. The second kappa shape index (κ2) is 16.6. The molecular weight excluding hydrogens is 779 g/mol. The summed E-state index contributed by atoms with van der Waals surface area (Å²) in [4.78, 5) is 9.92. The van der Waals surface area contributed by atoms with Gasteiger partial charge in [-0.2, -0.15) is 0 Å². The van der Waals surface area contributed by atoms with E-state index in [9.17, 15) is 5.11 Å². The van der Waals surface area contributed by atoms with Crippen molar-refractivity contribution in [3.8, 4) is 78.6 Å². The second-order valence-corrected chi connectivity index (χ2v) is 16.1. The molecule has 9 aromatic rings. The van der Waals surface area contributed by atoms with Gasteiger partial charge in [0.1, 0.15) is 11.6 Å². The van der Waals surface area contributed by atoms with Crippen LogP contribution in [-0.2, 0) is 10.8 Å². The number of para-hydroxylation sites is 1. The molecule has 1 N–H and O–H groups in total. The zero-order chi connectivity index (χ0) is 63.3. The van der Waals surface area contributed by atoms with Gasteiger partial charge in [0.15, 0.2) is 0 Å². The molecule has 4 nitrogen and oxygen atoms in total. The van der Waals surface area contributed by atoms with Crippen molar-refractivity contribution in [3.63, 3.8) is 0 Å². The third-order valence-corrected chi connectivity index (χ3v) is 11.4. The molecule has 4 heteroatoms. The van der Waals surface area contributed by atoms with Crippen LogP contribution in [0.5, 0.6) is 5.75 Å². The molecule has 0 fully saturated rings. The van der Waals surface area contributed by atoms with E-state index in [4.69, 9.17) is 40.1 Å². The van der Waals surface area contributed by atoms with E-state index in [1.54, 1.807) is 68.6 Å². The van der Waals surface area contributed by atoms with E-state index in [1.807, 2.05) is 84.9 Å². The minimum Gasteiger partial charge on any atom is -0.507 e. The average molecular weight is 858 g/mol. The highest BCUT2D eigenvalue weighted by atomic mass is 16.3. The smallest absolute Gasteiger partial charge is 0.149 e. The fraction of sp³-hybridized carbons (Fsp3) is 0.200. The average Bonchev–Trinajstić information content (AvgIpc) is 0.814. The van der Waals surface area contributed by atoms with Crippen molar-refractivity contribution < 1.29 is 35.3 Å². The summed E-state index contributed by atoms with van der Waals surface area (Å²) in [5, 5.41) is 13.1. The van der Waals surface area contributed by atoms with Crippen LogP contribution < -0.4 is 0 Å². The Kier molecular flexibility index (Phi) is 6.11. The normalized spacial score (nSPS) is 18.7. The first kappa shape index (κ1) is 23.6. The molecule has 318 valence electrons. The zero-order valence-corrected chi connectivity index (χ0v) is 35.0. The minimum atomic E-state index is -4.22. The fourth-order valence-corrected chi connectivity index (χ4v) is 8.14. The molecule has 0 atom stereocenters. The van der Waals surface area contributed by atoms with Crippen LogP contribution >= 0.6 is 0 Å². The zero-order valence-electron chi connectivity index (χ0n) is 57.0. The molecule has 9 rings (SSSR count). The van der Waals surface area contributed by atoms with Crippen LogP contribution in [0.15, 0.2) is 170 Å². The summed E-state index contributed by atoms with van der Waals surface area (Å²) in [5.41, 5.74) is -5.50. The van der Waals surface area contributed by atoms with Gasteiger partial charge in [0.05, 0.1) is 28.0 Å². The first-order chi connectivity index (χ1) is 39.6. The highest BCUT2D eigenvalue weighted by molar-refractivity contribution is 5.98. The lowest BCUT2D eigenvalue weighted by Crippen LogP contribution is -2.17. The van der Waals surface area contributed by atoms with Gasteiger partial charge in [0.25, 0.3) is 0 Å². The van der Waals surface area contributed by atoms with Gasteiger partial charge in [-0.3, -0.25) is 9.55 Å². The van der Waals surface area contributed by atoms with Gasteiger partial charge < -0.3 is 5.11 Å². The second-order valence-electron chi connectivity index (χ2n) is 16.1. The summed E-state index contributed by atoms with van der Waals surface area (Å²) in [6, 6.07) is 44.5. The molecule has 7 aromatic carbocycles. The third-order valence-electron chi connectivity index (χ3n) is 11.4. The fourth-order valence-electron chi connectivity index (χ4n) is 8.14. The minimum absolute atomic E-state index is 0.0468. The monoisotopic (exact) mass is 858 g/mol. The van der Waals surface area contributed by atoms with E-state index < -0.39 is 93.0 Å². The van der Waals surface area contributed by atoms with E-state index >= 15 is 0 Å². The number of phenolic OH excluding ortho intramolecular Hbond substituents is 1. The maximum absolute atomic E-state index is 13.1. The standard InChI is InChI=1S/C60H57N3O/c1-38(2)40-24-26-42(27-25-40)44-29-30-61-53(35-44)47-33-45(41-17-12-10-13-18-41)32-46(34-47)49-21-16-22-55-56(49)62-58(51-36-48(59(4,5)6)37-52(57(51)64)60(7,8)9)63(55)54-28-23-39(3)31-50(54)43-19-14-11-15-20-43/h10-38,64H,1-9H3/i3D3,4D3,5D3,6D3,7D3,8D3,9D3,38D. The van der Waals surface area contributed by atoms with Gasteiger partial charge in [-0.15, -0.1) is 0 Å². The molecule has 64 heavy (non-hydrogen) atoms. The molecule has 0 spiro atoms. The van der Waals surface area contributed by atoms with Crippen molar-refractivity contribution in [2.45, 2.75) is 78.5 Å². The third kappa shape index (κ3) is 8.17. The molecule has 2 heterocycles. The molecule has 0 saturated carbocycles.